The highest BCUT2D eigenvalue weighted by Crippen LogP contribution is 2.36. The van der Waals surface area contributed by atoms with Crippen LogP contribution in [0.3, 0.4) is 0 Å². The first-order chi connectivity index (χ1) is 14.5. The lowest BCUT2D eigenvalue weighted by Crippen LogP contribution is -2.40. The predicted molar refractivity (Wildman–Crippen MR) is 110 cm³/mol. The molecule has 9 heteroatoms. The number of carbonyl (C=O) groups excluding carboxylic acids is 3. The van der Waals surface area contributed by atoms with E-state index in [0.717, 1.165) is 22.2 Å². The minimum absolute atomic E-state index is 0.150. The molecule has 8 nitrogen and oxygen atoms in total. The van der Waals surface area contributed by atoms with Gasteiger partial charge >= 0.3 is 0 Å². The summed E-state index contributed by atoms with van der Waals surface area (Å²) in [6.07, 6.45) is 2.16. The molecule has 1 saturated heterocycles. The summed E-state index contributed by atoms with van der Waals surface area (Å²) in [5.74, 6) is 0.466. The van der Waals surface area contributed by atoms with Gasteiger partial charge in [-0.1, -0.05) is 18.2 Å². The van der Waals surface area contributed by atoms with Crippen molar-refractivity contribution in [1.29, 1.82) is 0 Å². The van der Waals surface area contributed by atoms with E-state index >= 15 is 0 Å². The number of aromatic hydroxyl groups is 1. The second-order valence-corrected chi connectivity index (χ2v) is 7.64. The molecule has 0 atom stereocenters. The van der Waals surface area contributed by atoms with Gasteiger partial charge in [0.25, 0.3) is 11.1 Å². The van der Waals surface area contributed by atoms with E-state index in [-0.39, 0.29) is 24.0 Å². The van der Waals surface area contributed by atoms with E-state index in [9.17, 15) is 19.5 Å². The molecule has 2 aromatic carbocycles. The van der Waals surface area contributed by atoms with Crippen molar-refractivity contribution in [2.45, 2.75) is 6.42 Å². The number of nitrogens with one attached hydrogen (secondary N) is 1. The fourth-order valence-electron chi connectivity index (χ4n) is 3.00. The summed E-state index contributed by atoms with van der Waals surface area (Å²) in [4.78, 5) is 38.1. The van der Waals surface area contributed by atoms with Crippen LogP contribution < -0.4 is 14.8 Å². The van der Waals surface area contributed by atoms with Gasteiger partial charge in [0.05, 0.1) is 4.91 Å². The van der Waals surface area contributed by atoms with Crippen LogP contribution in [0.15, 0.2) is 47.4 Å². The molecular weight excluding hydrogens is 408 g/mol. The summed E-state index contributed by atoms with van der Waals surface area (Å²) in [6, 6.07) is 11.9. The molecule has 3 amide bonds. The topological polar surface area (TPSA) is 105 Å². The number of hydrogen-bond donors (Lipinski definition) is 2. The molecule has 30 heavy (non-hydrogen) atoms. The number of amides is 3. The molecule has 0 bridgehead atoms. The molecule has 0 radical (unpaired) electrons. The lowest BCUT2D eigenvalue weighted by atomic mass is 10.1. The minimum Gasteiger partial charge on any atom is -0.508 e. The zero-order chi connectivity index (χ0) is 21.1. The summed E-state index contributed by atoms with van der Waals surface area (Å²) in [5, 5.41) is 11.5. The van der Waals surface area contributed by atoms with Gasteiger partial charge in [0.15, 0.2) is 11.5 Å². The van der Waals surface area contributed by atoms with Crippen LogP contribution in [0.25, 0.3) is 6.08 Å². The summed E-state index contributed by atoms with van der Waals surface area (Å²) < 4.78 is 10.6. The third-order valence-electron chi connectivity index (χ3n) is 4.54. The summed E-state index contributed by atoms with van der Waals surface area (Å²) in [6.45, 7) is 0.169. The smallest absolute Gasteiger partial charge is 0.294 e. The highest BCUT2D eigenvalue weighted by molar-refractivity contribution is 8.18. The Labute approximate surface area is 176 Å². The van der Waals surface area contributed by atoms with Gasteiger partial charge in [-0.25, -0.2) is 0 Å². The third kappa shape index (κ3) is 4.41. The van der Waals surface area contributed by atoms with Gasteiger partial charge in [0.1, 0.15) is 12.3 Å². The number of fused-ring (bicyclic) bond motifs is 1. The van der Waals surface area contributed by atoms with Crippen LogP contribution in [-0.4, -0.2) is 46.9 Å². The van der Waals surface area contributed by atoms with Crippen molar-refractivity contribution in [3.63, 3.8) is 0 Å². The second kappa shape index (κ2) is 8.50. The molecule has 0 unspecified atom stereocenters. The number of hydrogen-bond acceptors (Lipinski definition) is 7. The molecule has 1 fully saturated rings. The van der Waals surface area contributed by atoms with E-state index in [0.29, 0.717) is 30.0 Å². The molecule has 0 spiro atoms. The number of phenols is 1. The van der Waals surface area contributed by atoms with Gasteiger partial charge in [-0.05, 0) is 59.7 Å². The fourth-order valence-corrected chi connectivity index (χ4v) is 3.84. The molecule has 2 heterocycles. The Kier molecular flexibility index (Phi) is 5.62. The SMILES string of the molecule is O=C(CN1C(=O)SC(=Cc2ccc3c(c2)OCO3)C1=O)NCCc1ccc(O)cc1. The van der Waals surface area contributed by atoms with Crippen LogP contribution in [0.5, 0.6) is 17.2 Å². The first-order valence-corrected chi connectivity index (χ1v) is 10.0. The highest BCUT2D eigenvalue weighted by atomic mass is 32.2. The largest absolute Gasteiger partial charge is 0.508 e. The standard InChI is InChI=1S/C21H18N2O6S/c24-15-4-1-13(2-5-15)7-8-22-19(25)11-23-20(26)18(30-21(23)27)10-14-3-6-16-17(9-14)29-12-28-16/h1-6,9-10,24H,7-8,11-12H2,(H,22,25). The van der Waals surface area contributed by atoms with Crippen molar-refractivity contribution in [2.75, 3.05) is 19.9 Å². The third-order valence-corrected chi connectivity index (χ3v) is 5.45. The number of thioether (sulfide) groups is 1. The number of ether oxygens (including phenoxy) is 2. The van der Waals surface area contributed by atoms with Crippen molar-refractivity contribution < 1.29 is 29.0 Å². The van der Waals surface area contributed by atoms with Gasteiger partial charge in [0, 0.05) is 6.54 Å². The van der Waals surface area contributed by atoms with Crippen molar-refractivity contribution in [1.82, 2.24) is 10.2 Å². The maximum atomic E-state index is 12.6. The number of benzene rings is 2. The van der Waals surface area contributed by atoms with Gasteiger partial charge in [0.2, 0.25) is 12.7 Å². The average Bonchev–Trinajstić information content (AvgIpc) is 3.29. The number of rotatable bonds is 6. The van der Waals surface area contributed by atoms with Crippen LogP contribution in [-0.2, 0) is 16.0 Å². The van der Waals surface area contributed by atoms with Crippen molar-refractivity contribution in [3.05, 3.63) is 58.5 Å². The Morgan fingerprint density at radius 2 is 1.90 bits per heavy atom. The Morgan fingerprint density at radius 1 is 1.13 bits per heavy atom. The lowest BCUT2D eigenvalue weighted by Gasteiger charge is -2.12. The molecule has 0 aromatic heterocycles. The fraction of sp³-hybridized carbons (Fsp3) is 0.190. The van der Waals surface area contributed by atoms with Gasteiger partial charge < -0.3 is 19.9 Å². The maximum absolute atomic E-state index is 12.6. The normalized spacial score (nSPS) is 16.4. The number of phenolic OH excluding ortho intramolecular Hbond substituents is 1. The summed E-state index contributed by atoms with van der Waals surface area (Å²) in [5.41, 5.74) is 1.65. The number of carbonyl (C=O) groups is 3. The van der Waals surface area contributed by atoms with E-state index in [2.05, 4.69) is 5.32 Å². The monoisotopic (exact) mass is 426 g/mol. The highest BCUT2D eigenvalue weighted by Gasteiger charge is 2.36. The molecule has 0 saturated carbocycles. The Morgan fingerprint density at radius 3 is 2.70 bits per heavy atom. The molecule has 2 aliphatic rings. The molecule has 2 N–H and O–H groups in total. The summed E-state index contributed by atoms with van der Waals surface area (Å²) >= 11 is 0.797. The minimum atomic E-state index is -0.503. The second-order valence-electron chi connectivity index (χ2n) is 6.65. The van der Waals surface area contributed by atoms with Gasteiger partial charge in [-0.3, -0.25) is 19.3 Å². The van der Waals surface area contributed by atoms with Crippen molar-refractivity contribution in [3.8, 4) is 17.2 Å². The molecule has 154 valence electrons. The summed E-state index contributed by atoms with van der Waals surface area (Å²) in [7, 11) is 0. The average molecular weight is 426 g/mol. The zero-order valence-corrected chi connectivity index (χ0v) is 16.6. The molecule has 4 rings (SSSR count). The quantitative estimate of drug-likeness (QED) is 0.684. The number of nitrogens with zero attached hydrogens (tertiary/aromatic N) is 1. The first kappa shape index (κ1) is 19.8. The molecular formula is C21H18N2O6S. The van der Waals surface area contributed by atoms with E-state index in [1.165, 1.54) is 0 Å². The Balaban J connectivity index is 1.33. The van der Waals surface area contributed by atoms with E-state index in [1.807, 2.05) is 0 Å². The van der Waals surface area contributed by atoms with E-state index in [4.69, 9.17) is 9.47 Å². The first-order valence-electron chi connectivity index (χ1n) is 9.19. The molecule has 2 aliphatic heterocycles. The number of imide groups is 1. The van der Waals surface area contributed by atoms with Crippen LogP contribution in [0.2, 0.25) is 0 Å². The Hall–Kier alpha value is -3.46. The van der Waals surface area contributed by atoms with Crippen LogP contribution in [0, 0.1) is 0 Å². The van der Waals surface area contributed by atoms with Crippen LogP contribution in [0.4, 0.5) is 4.79 Å². The van der Waals surface area contributed by atoms with Crippen LogP contribution in [0.1, 0.15) is 11.1 Å². The van der Waals surface area contributed by atoms with E-state index in [1.54, 1.807) is 48.5 Å². The zero-order valence-electron chi connectivity index (χ0n) is 15.8. The Bertz CT molecular complexity index is 1030. The van der Waals surface area contributed by atoms with Crippen LogP contribution >= 0.6 is 11.8 Å². The molecule has 2 aromatic rings. The lowest BCUT2D eigenvalue weighted by molar-refractivity contribution is -0.129. The maximum Gasteiger partial charge on any atom is 0.294 e. The van der Waals surface area contributed by atoms with Gasteiger partial charge in [-0.2, -0.15) is 0 Å². The van der Waals surface area contributed by atoms with E-state index < -0.39 is 17.1 Å². The van der Waals surface area contributed by atoms with Gasteiger partial charge in [-0.15, -0.1) is 0 Å². The van der Waals surface area contributed by atoms with Crippen molar-refractivity contribution in [2.24, 2.45) is 0 Å². The molecule has 0 aliphatic carbocycles. The van der Waals surface area contributed by atoms with Crippen molar-refractivity contribution >= 4 is 34.9 Å². The predicted octanol–water partition coefficient (Wildman–Crippen LogP) is 2.52.